The molecule has 0 unspecified atom stereocenters. The molecule has 0 aliphatic heterocycles. The number of carbonyl (C=O) groups excluding carboxylic acids is 1. The lowest BCUT2D eigenvalue weighted by Crippen LogP contribution is -1.98. The van der Waals surface area contributed by atoms with Gasteiger partial charge in [0.05, 0.1) is 7.11 Å². The zero-order chi connectivity index (χ0) is 12.8. The third-order valence-electron chi connectivity index (χ3n) is 2.67. The number of ether oxygens (including phenoxy) is 1. The molecule has 0 bridgehead atoms. The van der Waals surface area contributed by atoms with Gasteiger partial charge >= 0.3 is 5.97 Å². The molecular weight excluding hydrogens is 216 g/mol. The van der Waals surface area contributed by atoms with Crippen LogP contribution in [0.1, 0.15) is 57.8 Å². The van der Waals surface area contributed by atoms with Gasteiger partial charge in [-0.2, -0.15) is 0 Å². The molecule has 0 rings (SSSR count). The van der Waals surface area contributed by atoms with Gasteiger partial charge in [0.25, 0.3) is 0 Å². The third kappa shape index (κ3) is 13.1. The van der Waals surface area contributed by atoms with Gasteiger partial charge in [-0.05, 0) is 38.5 Å². The highest BCUT2D eigenvalue weighted by Crippen LogP contribution is 2.05. The average molecular weight is 242 g/mol. The molecule has 0 aliphatic carbocycles. The van der Waals surface area contributed by atoms with E-state index in [4.69, 9.17) is 5.11 Å². The van der Waals surface area contributed by atoms with Gasteiger partial charge in [0.1, 0.15) is 0 Å². The largest absolute Gasteiger partial charge is 0.469 e. The van der Waals surface area contributed by atoms with Gasteiger partial charge in [-0.25, -0.2) is 0 Å². The minimum absolute atomic E-state index is 0.113. The summed E-state index contributed by atoms with van der Waals surface area (Å²) in [5.74, 6) is -0.113. The molecule has 0 aromatic heterocycles. The van der Waals surface area contributed by atoms with Crippen LogP contribution in [0, 0.1) is 0 Å². The molecule has 0 aromatic rings. The summed E-state index contributed by atoms with van der Waals surface area (Å²) in [7, 11) is 1.43. The van der Waals surface area contributed by atoms with Gasteiger partial charge in [-0.15, -0.1) is 0 Å². The number of rotatable bonds is 11. The van der Waals surface area contributed by atoms with E-state index in [1.54, 1.807) is 0 Å². The fourth-order valence-corrected chi connectivity index (χ4v) is 1.60. The number of aliphatic hydroxyl groups is 1. The lowest BCUT2D eigenvalue weighted by atomic mass is 10.1. The number of unbranched alkanes of at least 4 members (excludes halogenated alkanes) is 6. The second kappa shape index (κ2) is 13.2. The SMILES string of the molecule is COC(=O)CCCC/C=C\CCCCCCO. The Labute approximate surface area is 105 Å². The molecule has 17 heavy (non-hydrogen) atoms. The smallest absolute Gasteiger partial charge is 0.305 e. The van der Waals surface area contributed by atoms with Crippen LogP contribution >= 0.6 is 0 Å². The average Bonchev–Trinajstić information content (AvgIpc) is 2.35. The molecule has 100 valence electrons. The zero-order valence-corrected chi connectivity index (χ0v) is 11.0. The van der Waals surface area contributed by atoms with E-state index in [0.29, 0.717) is 13.0 Å². The minimum Gasteiger partial charge on any atom is -0.469 e. The van der Waals surface area contributed by atoms with Crippen LogP contribution in [0.2, 0.25) is 0 Å². The molecule has 0 fully saturated rings. The van der Waals surface area contributed by atoms with E-state index in [-0.39, 0.29) is 5.97 Å². The number of hydrogen-bond acceptors (Lipinski definition) is 3. The molecule has 3 nitrogen and oxygen atoms in total. The molecule has 0 saturated carbocycles. The summed E-state index contributed by atoms with van der Waals surface area (Å²) in [6.07, 6.45) is 13.6. The van der Waals surface area contributed by atoms with E-state index in [9.17, 15) is 4.79 Å². The maximum atomic E-state index is 10.8. The van der Waals surface area contributed by atoms with Crippen LogP contribution in [0.3, 0.4) is 0 Å². The second-order valence-electron chi connectivity index (χ2n) is 4.22. The van der Waals surface area contributed by atoms with Crippen molar-refractivity contribution in [2.45, 2.75) is 57.8 Å². The Morgan fingerprint density at radius 1 is 1.00 bits per heavy atom. The topological polar surface area (TPSA) is 46.5 Å². The first-order chi connectivity index (χ1) is 8.31. The van der Waals surface area contributed by atoms with Gasteiger partial charge in [-0.1, -0.05) is 25.0 Å². The lowest BCUT2D eigenvalue weighted by molar-refractivity contribution is -0.140. The van der Waals surface area contributed by atoms with Crippen LogP contribution in [-0.2, 0) is 9.53 Å². The quantitative estimate of drug-likeness (QED) is 0.344. The Morgan fingerprint density at radius 3 is 2.18 bits per heavy atom. The van der Waals surface area contributed by atoms with Crippen molar-refractivity contribution < 1.29 is 14.6 Å². The van der Waals surface area contributed by atoms with Crippen molar-refractivity contribution in [1.29, 1.82) is 0 Å². The van der Waals surface area contributed by atoms with Gasteiger partial charge in [0.15, 0.2) is 0 Å². The molecule has 0 atom stereocenters. The van der Waals surface area contributed by atoms with Crippen LogP contribution in [-0.4, -0.2) is 24.8 Å². The lowest BCUT2D eigenvalue weighted by Gasteiger charge is -1.97. The number of aliphatic hydroxyl groups excluding tert-OH is 1. The van der Waals surface area contributed by atoms with Gasteiger partial charge in [0.2, 0.25) is 0 Å². The molecule has 0 spiro atoms. The number of esters is 1. The minimum atomic E-state index is -0.113. The van der Waals surface area contributed by atoms with Gasteiger partial charge in [0, 0.05) is 13.0 Å². The zero-order valence-electron chi connectivity index (χ0n) is 11.0. The van der Waals surface area contributed by atoms with Crippen molar-refractivity contribution in [2.75, 3.05) is 13.7 Å². The van der Waals surface area contributed by atoms with Crippen molar-refractivity contribution >= 4 is 5.97 Å². The predicted molar refractivity (Wildman–Crippen MR) is 69.8 cm³/mol. The molecule has 0 saturated heterocycles. The van der Waals surface area contributed by atoms with Gasteiger partial charge < -0.3 is 9.84 Å². The summed E-state index contributed by atoms with van der Waals surface area (Å²) in [6, 6.07) is 0. The van der Waals surface area contributed by atoms with Crippen molar-refractivity contribution in [3.8, 4) is 0 Å². The van der Waals surface area contributed by atoms with E-state index in [2.05, 4.69) is 16.9 Å². The van der Waals surface area contributed by atoms with Crippen molar-refractivity contribution in [3.63, 3.8) is 0 Å². The molecule has 0 amide bonds. The van der Waals surface area contributed by atoms with Crippen LogP contribution in [0.15, 0.2) is 12.2 Å². The summed E-state index contributed by atoms with van der Waals surface area (Å²) >= 11 is 0. The van der Waals surface area contributed by atoms with Crippen LogP contribution in [0.5, 0.6) is 0 Å². The molecular formula is C14H26O3. The van der Waals surface area contributed by atoms with Crippen LogP contribution in [0.25, 0.3) is 0 Å². The number of allylic oxidation sites excluding steroid dienone is 2. The van der Waals surface area contributed by atoms with Crippen LogP contribution < -0.4 is 0 Å². The summed E-state index contributed by atoms with van der Waals surface area (Å²) in [5.41, 5.74) is 0. The van der Waals surface area contributed by atoms with E-state index in [0.717, 1.165) is 38.5 Å². The Kier molecular flexibility index (Phi) is 12.6. The first kappa shape index (κ1) is 16.2. The number of methoxy groups -OCH3 is 1. The molecule has 0 aliphatic rings. The summed E-state index contributed by atoms with van der Waals surface area (Å²) in [4.78, 5) is 10.8. The van der Waals surface area contributed by atoms with E-state index in [1.165, 1.54) is 20.0 Å². The van der Waals surface area contributed by atoms with E-state index in [1.807, 2.05) is 0 Å². The Hall–Kier alpha value is -0.830. The predicted octanol–water partition coefficient (Wildman–Crippen LogP) is 3.22. The second-order valence-corrected chi connectivity index (χ2v) is 4.22. The van der Waals surface area contributed by atoms with E-state index < -0.39 is 0 Å². The Morgan fingerprint density at radius 2 is 1.59 bits per heavy atom. The Balaban J connectivity index is 3.12. The first-order valence-electron chi connectivity index (χ1n) is 6.64. The summed E-state index contributed by atoms with van der Waals surface area (Å²) < 4.78 is 4.57. The molecule has 0 heterocycles. The normalized spacial score (nSPS) is 10.9. The molecule has 0 radical (unpaired) electrons. The maximum absolute atomic E-state index is 10.8. The Bertz CT molecular complexity index is 200. The fraction of sp³-hybridized carbons (Fsp3) is 0.786. The first-order valence-corrected chi connectivity index (χ1v) is 6.64. The monoisotopic (exact) mass is 242 g/mol. The maximum Gasteiger partial charge on any atom is 0.305 e. The molecule has 0 aromatic carbocycles. The van der Waals surface area contributed by atoms with Crippen molar-refractivity contribution in [3.05, 3.63) is 12.2 Å². The highest BCUT2D eigenvalue weighted by molar-refractivity contribution is 5.68. The highest BCUT2D eigenvalue weighted by atomic mass is 16.5. The molecule has 3 heteroatoms. The van der Waals surface area contributed by atoms with Crippen LogP contribution in [0.4, 0.5) is 0 Å². The third-order valence-corrected chi connectivity index (χ3v) is 2.67. The van der Waals surface area contributed by atoms with Crippen molar-refractivity contribution in [1.82, 2.24) is 0 Å². The summed E-state index contributed by atoms with van der Waals surface area (Å²) in [6.45, 7) is 0.316. The highest BCUT2D eigenvalue weighted by Gasteiger charge is 1.97. The standard InChI is InChI=1S/C14H26O3/c1-17-14(16)12-10-8-6-4-2-3-5-7-9-11-13-15/h2,4,15H,3,5-13H2,1H3/b4-2-. The number of carbonyl (C=O) groups is 1. The summed E-state index contributed by atoms with van der Waals surface area (Å²) in [5, 5.41) is 8.60. The van der Waals surface area contributed by atoms with Gasteiger partial charge in [-0.3, -0.25) is 4.79 Å². The molecule has 1 N–H and O–H groups in total. The fourth-order valence-electron chi connectivity index (χ4n) is 1.60. The number of hydrogen-bond donors (Lipinski definition) is 1. The van der Waals surface area contributed by atoms with Crippen molar-refractivity contribution in [2.24, 2.45) is 0 Å². The van der Waals surface area contributed by atoms with E-state index >= 15 is 0 Å².